The van der Waals surface area contributed by atoms with Crippen LogP contribution in [0.3, 0.4) is 0 Å². The number of hydrogen-bond acceptors (Lipinski definition) is 5. The number of nitrogens with zero attached hydrogens (tertiary/aromatic N) is 2. The van der Waals surface area contributed by atoms with Gasteiger partial charge in [-0.25, -0.2) is 9.37 Å². The van der Waals surface area contributed by atoms with Crippen LogP contribution in [0.4, 0.5) is 15.9 Å². The van der Waals surface area contributed by atoms with Gasteiger partial charge in [0.05, 0.1) is 6.61 Å². The van der Waals surface area contributed by atoms with Crippen LogP contribution in [-0.2, 0) is 0 Å². The molecule has 0 fully saturated rings. The minimum absolute atomic E-state index is 0.156. The Balaban J connectivity index is 1.74. The second kappa shape index (κ2) is 9.58. The fourth-order valence-electron chi connectivity index (χ4n) is 3.64. The van der Waals surface area contributed by atoms with Gasteiger partial charge in [-0.2, -0.15) is 0 Å². The fraction of sp³-hybridized carbons (Fsp3) is 0.115. The maximum Gasteiger partial charge on any atom is 0.271 e. The molecule has 172 valence electrons. The minimum Gasteiger partial charge on any atom is -0.493 e. The molecule has 0 unspecified atom stereocenters. The first kappa shape index (κ1) is 22.7. The first-order valence-corrected chi connectivity index (χ1v) is 10.7. The molecule has 0 saturated heterocycles. The molecule has 2 aromatic carbocycles. The van der Waals surface area contributed by atoms with Crippen LogP contribution in [0.2, 0.25) is 0 Å². The van der Waals surface area contributed by atoms with Crippen LogP contribution < -0.4 is 21.3 Å². The van der Waals surface area contributed by atoms with Crippen molar-refractivity contribution in [3.8, 4) is 22.6 Å². The predicted octanol–water partition coefficient (Wildman–Crippen LogP) is 4.58. The van der Waals surface area contributed by atoms with Gasteiger partial charge in [0.1, 0.15) is 22.9 Å². The van der Waals surface area contributed by atoms with Gasteiger partial charge in [-0.3, -0.25) is 14.2 Å². The predicted molar refractivity (Wildman–Crippen MR) is 130 cm³/mol. The molecule has 4 aromatic rings. The lowest BCUT2D eigenvalue weighted by Crippen LogP contribution is -2.29. The van der Waals surface area contributed by atoms with Crippen molar-refractivity contribution in [3.63, 3.8) is 0 Å². The van der Waals surface area contributed by atoms with E-state index in [-0.39, 0.29) is 17.9 Å². The first-order valence-electron chi connectivity index (χ1n) is 10.7. The van der Waals surface area contributed by atoms with Gasteiger partial charge in [-0.1, -0.05) is 6.07 Å². The number of carbonyl (C=O) groups is 1. The zero-order valence-corrected chi connectivity index (χ0v) is 18.7. The van der Waals surface area contributed by atoms with Crippen molar-refractivity contribution < 1.29 is 13.9 Å². The number of rotatable bonds is 6. The number of ether oxygens (including phenoxy) is 1. The maximum absolute atomic E-state index is 13.3. The molecule has 0 aliphatic carbocycles. The lowest BCUT2D eigenvalue weighted by atomic mass is 10.0. The molecular formula is C26H23FN4O3. The summed E-state index contributed by atoms with van der Waals surface area (Å²) in [5.74, 6) is -0.519. The van der Waals surface area contributed by atoms with E-state index < -0.39 is 17.3 Å². The Labute approximate surface area is 195 Å². The van der Waals surface area contributed by atoms with E-state index in [1.54, 1.807) is 37.4 Å². The van der Waals surface area contributed by atoms with E-state index in [0.29, 0.717) is 17.2 Å². The number of aromatic nitrogens is 2. The summed E-state index contributed by atoms with van der Waals surface area (Å²) in [5.41, 5.74) is 8.70. The SMILES string of the molecule is CCOc1ccn(-c2ccc(F)cc2)c(=O)c1C(=O)Nc1ccc(C)c(-c2cccnc2N)c1. The van der Waals surface area contributed by atoms with Gasteiger partial charge in [0, 0.05) is 29.3 Å². The summed E-state index contributed by atoms with van der Waals surface area (Å²) < 4.78 is 20.2. The summed E-state index contributed by atoms with van der Waals surface area (Å²) in [6, 6.07) is 16.0. The van der Waals surface area contributed by atoms with Gasteiger partial charge >= 0.3 is 0 Å². The summed E-state index contributed by atoms with van der Waals surface area (Å²) in [5, 5.41) is 2.79. The molecule has 0 bridgehead atoms. The van der Waals surface area contributed by atoms with Crippen molar-refractivity contribution in [2.24, 2.45) is 0 Å². The second-order valence-electron chi connectivity index (χ2n) is 7.56. The van der Waals surface area contributed by atoms with Crippen molar-refractivity contribution in [3.05, 3.63) is 100 Å². The molecule has 0 spiro atoms. The number of benzene rings is 2. The van der Waals surface area contributed by atoms with E-state index >= 15 is 0 Å². The second-order valence-corrected chi connectivity index (χ2v) is 7.56. The maximum atomic E-state index is 13.3. The van der Waals surface area contributed by atoms with Crippen molar-refractivity contribution in [2.75, 3.05) is 17.7 Å². The monoisotopic (exact) mass is 458 g/mol. The third kappa shape index (κ3) is 4.52. The average Bonchev–Trinajstić information content (AvgIpc) is 2.82. The lowest BCUT2D eigenvalue weighted by molar-refractivity contribution is 0.102. The van der Waals surface area contributed by atoms with E-state index in [0.717, 1.165) is 16.7 Å². The molecule has 0 saturated carbocycles. The standard InChI is InChI=1S/C26H23FN4O3/c1-3-34-22-12-14-31(19-10-7-17(27)8-11-19)26(33)23(22)25(32)30-18-9-6-16(2)21(15-18)20-5-4-13-29-24(20)28/h4-15H,3H2,1-2H3,(H2,28,29)(H,30,32). The normalized spacial score (nSPS) is 10.7. The molecule has 3 N–H and O–H groups in total. The van der Waals surface area contributed by atoms with Crippen LogP contribution >= 0.6 is 0 Å². The number of pyridine rings is 2. The molecule has 0 atom stereocenters. The van der Waals surface area contributed by atoms with E-state index in [1.807, 2.05) is 19.1 Å². The van der Waals surface area contributed by atoms with E-state index in [9.17, 15) is 14.0 Å². The summed E-state index contributed by atoms with van der Waals surface area (Å²) in [6.07, 6.45) is 3.10. The van der Waals surface area contributed by atoms with Gasteiger partial charge in [0.15, 0.2) is 0 Å². The number of nitrogen functional groups attached to an aromatic ring is 1. The first-order chi connectivity index (χ1) is 16.4. The molecule has 0 radical (unpaired) electrons. The van der Waals surface area contributed by atoms with Crippen molar-refractivity contribution in [2.45, 2.75) is 13.8 Å². The smallest absolute Gasteiger partial charge is 0.271 e. The molecule has 2 heterocycles. The number of anilines is 2. The number of nitrogens with one attached hydrogen (secondary N) is 1. The molecule has 7 nitrogen and oxygen atoms in total. The highest BCUT2D eigenvalue weighted by atomic mass is 19.1. The Bertz CT molecular complexity index is 1410. The summed E-state index contributed by atoms with van der Waals surface area (Å²) in [7, 11) is 0. The highest BCUT2D eigenvalue weighted by Crippen LogP contribution is 2.30. The Hall–Kier alpha value is -4.46. The Morgan fingerprint density at radius 1 is 1.12 bits per heavy atom. The van der Waals surface area contributed by atoms with Gasteiger partial charge < -0.3 is 15.8 Å². The van der Waals surface area contributed by atoms with Crippen LogP contribution in [0, 0.1) is 12.7 Å². The number of halogens is 1. The zero-order chi connectivity index (χ0) is 24.2. The van der Waals surface area contributed by atoms with Crippen molar-refractivity contribution in [1.29, 1.82) is 0 Å². The average molecular weight is 458 g/mol. The van der Waals surface area contributed by atoms with Gasteiger partial charge in [-0.15, -0.1) is 0 Å². The van der Waals surface area contributed by atoms with Crippen LogP contribution in [0.25, 0.3) is 16.8 Å². The highest BCUT2D eigenvalue weighted by molar-refractivity contribution is 6.06. The lowest BCUT2D eigenvalue weighted by Gasteiger charge is -2.15. The summed E-state index contributed by atoms with van der Waals surface area (Å²) in [6.45, 7) is 3.96. The molecular weight excluding hydrogens is 435 g/mol. The molecule has 4 rings (SSSR count). The number of amides is 1. The molecule has 8 heteroatoms. The minimum atomic E-state index is -0.626. The van der Waals surface area contributed by atoms with Gasteiger partial charge in [0.25, 0.3) is 11.5 Å². The quantitative estimate of drug-likeness (QED) is 0.441. The number of aryl methyl sites for hydroxylation is 1. The third-order valence-electron chi connectivity index (χ3n) is 5.31. The van der Waals surface area contributed by atoms with E-state index in [1.165, 1.54) is 35.0 Å². The number of carbonyl (C=O) groups excluding carboxylic acids is 1. The molecule has 0 aliphatic heterocycles. The van der Waals surface area contributed by atoms with E-state index in [2.05, 4.69) is 10.3 Å². The fourth-order valence-corrected chi connectivity index (χ4v) is 3.64. The Morgan fingerprint density at radius 2 is 1.88 bits per heavy atom. The molecule has 1 amide bonds. The van der Waals surface area contributed by atoms with Crippen molar-refractivity contribution in [1.82, 2.24) is 9.55 Å². The zero-order valence-electron chi connectivity index (χ0n) is 18.7. The van der Waals surface area contributed by atoms with Crippen LogP contribution in [-0.4, -0.2) is 22.1 Å². The number of nitrogens with two attached hydrogens (primary N) is 1. The van der Waals surface area contributed by atoms with E-state index in [4.69, 9.17) is 10.5 Å². The third-order valence-corrected chi connectivity index (χ3v) is 5.31. The Kier molecular flexibility index (Phi) is 6.40. The van der Waals surface area contributed by atoms with Gasteiger partial charge in [0.2, 0.25) is 0 Å². The molecule has 34 heavy (non-hydrogen) atoms. The largest absolute Gasteiger partial charge is 0.493 e. The summed E-state index contributed by atoms with van der Waals surface area (Å²) in [4.78, 5) is 30.7. The van der Waals surface area contributed by atoms with Crippen LogP contribution in [0.1, 0.15) is 22.8 Å². The van der Waals surface area contributed by atoms with Gasteiger partial charge in [-0.05, 0) is 79.6 Å². The van der Waals surface area contributed by atoms with Crippen molar-refractivity contribution >= 4 is 17.4 Å². The summed E-state index contributed by atoms with van der Waals surface area (Å²) >= 11 is 0. The molecule has 0 aliphatic rings. The van der Waals surface area contributed by atoms with Crippen LogP contribution in [0.5, 0.6) is 5.75 Å². The van der Waals surface area contributed by atoms with Crippen LogP contribution in [0.15, 0.2) is 77.9 Å². The number of hydrogen-bond donors (Lipinski definition) is 2. The topological polar surface area (TPSA) is 99.2 Å². The highest BCUT2D eigenvalue weighted by Gasteiger charge is 2.21. The molecule has 2 aromatic heterocycles. The Morgan fingerprint density at radius 3 is 2.59 bits per heavy atom.